The van der Waals surface area contributed by atoms with Gasteiger partial charge in [-0.2, -0.15) is 5.26 Å². The third kappa shape index (κ3) is 3.28. The second-order valence-electron chi connectivity index (χ2n) is 8.86. The topological polar surface area (TPSA) is 79.3 Å². The molecule has 2 aromatic carbocycles. The second kappa shape index (κ2) is 7.62. The quantitative estimate of drug-likeness (QED) is 0.830. The number of carbonyl (C=O) groups excluding carboxylic acids is 1. The van der Waals surface area contributed by atoms with Crippen molar-refractivity contribution in [3.05, 3.63) is 70.7 Å². The number of allylic oxidation sites excluding steroid dienone is 3. The predicted octanol–water partition coefficient (Wildman–Crippen LogP) is 4.22. The van der Waals surface area contributed by atoms with Crippen LogP contribution in [0, 0.1) is 16.7 Å². The van der Waals surface area contributed by atoms with Gasteiger partial charge >= 0.3 is 0 Å². The molecule has 0 bridgehead atoms. The molecule has 2 aromatic rings. The summed E-state index contributed by atoms with van der Waals surface area (Å²) in [5.41, 5.74) is 9.46. The van der Waals surface area contributed by atoms with E-state index in [4.69, 9.17) is 10.5 Å². The van der Waals surface area contributed by atoms with E-state index in [2.05, 4.69) is 19.9 Å². The number of ether oxygens (including phenoxy) is 1. The number of nitrogens with zero attached hydrogens (tertiary/aromatic N) is 2. The number of rotatable bonds is 4. The number of Topliss-reactive ketones (excluding diaryl/α,β-unsaturated/α-hetero) is 1. The average molecular weight is 402 g/mol. The summed E-state index contributed by atoms with van der Waals surface area (Å²) >= 11 is 0. The summed E-state index contributed by atoms with van der Waals surface area (Å²) in [5, 5.41) is 12.2. The van der Waals surface area contributed by atoms with Gasteiger partial charge in [-0.1, -0.05) is 56.3 Å². The number of fused-ring (bicyclic) bond motifs is 1. The maximum Gasteiger partial charge on any atom is 0.162 e. The molecule has 0 saturated carbocycles. The molecule has 4 rings (SSSR count). The molecule has 1 aliphatic carbocycles. The number of carbonyl (C=O) groups is 1. The Morgan fingerprint density at radius 2 is 1.93 bits per heavy atom. The molecular weight excluding hydrogens is 374 g/mol. The Morgan fingerprint density at radius 3 is 2.67 bits per heavy atom. The molecule has 0 radical (unpaired) electrons. The van der Waals surface area contributed by atoms with Crippen LogP contribution in [-0.2, 0) is 9.53 Å². The normalized spacial score (nSPS) is 21.1. The van der Waals surface area contributed by atoms with Crippen molar-refractivity contribution in [3.8, 4) is 6.07 Å². The number of ketones is 1. The van der Waals surface area contributed by atoms with Crippen molar-refractivity contribution >= 4 is 16.6 Å². The summed E-state index contributed by atoms with van der Waals surface area (Å²) in [6.45, 7) is 5.19. The highest BCUT2D eigenvalue weighted by Crippen LogP contribution is 2.49. The molecule has 2 N–H and O–H groups in total. The van der Waals surface area contributed by atoms with E-state index in [9.17, 15) is 10.1 Å². The summed E-state index contributed by atoms with van der Waals surface area (Å²) < 4.78 is 5.28. The molecule has 2 aliphatic rings. The smallest absolute Gasteiger partial charge is 0.162 e. The largest absolute Gasteiger partial charge is 0.384 e. The fraction of sp³-hybridized carbons (Fsp3) is 0.360. The minimum absolute atomic E-state index is 0.0989. The first-order valence-corrected chi connectivity index (χ1v) is 10.3. The highest BCUT2D eigenvalue weighted by molar-refractivity contribution is 6.01. The number of hydrogen-bond donors (Lipinski definition) is 1. The first-order chi connectivity index (χ1) is 14.4. The van der Waals surface area contributed by atoms with Gasteiger partial charge in [-0.15, -0.1) is 0 Å². The fourth-order valence-corrected chi connectivity index (χ4v) is 4.83. The van der Waals surface area contributed by atoms with Crippen LogP contribution >= 0.6 is 0 Å². The Bertz CT molecular complexity index is 1120. The third-order valence-corrected chi connectivity index (χ3v) is 6.14. The lowest BCUT2D eigenvalue weighted by atomic mass is 9.68. The van der Waals surface area contributed by atoms with Crippen LogP contribution in [0.25, 0.3) is 10.8 Å². The molecule has 0 saturated heterocycles. The predicted molar refractivity (Wildman–Crippen MR) is 117 cm³/mol. The summed E-state index contributed by atoms with van der Waals surface area (Å²) in [4.78, 5) is 15.4. The maximum absolute atomic E-state index is 13.5. The molecule has 0 aromatic heterocycles. The number of methoxy groups -OCH3 is 1. The van der Waals surface area contributed by atoms with Gasteiger partial charge in [-0.25, -0.2) is 0 Å². The molecular formula is C25H27N3O2. The van der Waals surface area contributed by atoms with Gasteiger partial charge < -0.3 is 15.4 Å². The first-order valence-electron chi connectivity index (χ1n) is 10.3. The van der Waals surface area contributed by atoms with Gasteiger partial charge in [-0.3, -0.25) is 4.79 Å². The zero-order valence-corrected chi connectivity index (χ0v) is 17.7. The van der Waals surface area contributed by atoms with E-state index in [-0.39, 0.29) is 11.2 Å². The van der Waals surface area contributed by atoms with Crippen LogP contribution < -0.4 is 5.73 Å². The van der Waals surface area contributed by atoms with E-state index in [1.807, 2.05) is 47.4 Å². The van der Waals surface area contributed by atoms with E-state index < -0.39 is 5.92 Å². The van der Waals surface area contributed by atoms with Gasteiger partial charge in [0, 0.05) is 31.3 Å². The monoisotopic (exact) mass is 401 g/mol. The Kier molecular flexibility index (Phi) is 5.13. The zero-order valence-electron chi connectivity index (χ0n) is 17.7. The molecule has 1 heterocycles. The summed E-state index contributed by atoms with van der Waals surface area (Å²) in [6.07, 6.45) is 1.20. The number of hydrogen-bond acceptors (Lipinski definition) is 5. The van der Waals surface area contributed by atoms with Crippen molar-refractivity contribution in [3.63, 3.8) is 0 Å². The lowest BCUT2D eigenvalue weighted by molar-refractivity contribution is -0.118. The van der Waals surface area contributed by atoms with Crippen molar-refractivity contribution in [1.82, 2.24) is 4.90 Å². The Balaban J connectivity index is 1.99. The first kappa shape index (κ1) is 20.2. The molecule has 5 heteroatoms. The van der Waals surface area contributed by atoms with Gasteiger partial charge in [-0.05, 0) is 28.2 Å². The summed E-state index contributed by atoms with van der Waals surface area (Å²) in [6, 6.07) is 16.5. The van der Waals surface area contributed by atoms with E-state index in [1.165, 1.54) is 0 Å². The molecule has 5 nitrogen and oxygen atoms in total. The lowest BCUT2D eigenvalue weighted by Crippen LogP contribution is -2.43. The number of benzene rings is 2. The third-order valence-electron chi connectivity index (χ3n) is 6.14. The minimum atomic E-state index is -0.446. The number of nitrogens with two attached hydrogens (primary N) is 1. The van der Waals surface area contributed by atoms with Gasteiger partial charge in [0.25, 0.3) is 0 Å². The molecule has 0 unspecified atom stereocenters. The van der Waals surface area contributed by atoms with E-state index in [1.54, 1.807) is 7.11 Å². The molecule has 154 valence electrons. The van der Waals surface area contributed by atoms with Crippen LogP contribution in [0.1, 0.15) is 38.2 Å². The Labute approximate surface area is 177 Å². The van der Waals surface area contributed by atoms with Crippen molar-refractivity contribution in [1.29, 1.82) is 5.26 Å². The molecule has 0 spiro atoms. The van der Waals surface area contributed by atoms with Crippen molar-refractivity contribution in [2.45, 2.75) is 32.6 Å². The van der Waals surface area contributed by atoms with E-state index in [0.29, 0.717) is 36.5 Å². The number of nitriles is 1. The fourth-order valence-electron chi connectivity index (χ4n) is 4.83. The maximum atomic E-state index is 13.5. The Hall–Kier alpha value is -3.10. The molecule has 1 aliphatic heterocycles. The van der Waals surface area contributed by atoms with Crippen molar-refractivity contribution in [2.24, 2.45) is 11.1 Å². The van der Waals surface area contributed by atoms with Gasteiger partial charge in [0.05, 0.1) is 24.2 Å². The van der Waals surface area contributed by atoms with E-state index >= 15 is 0 Å². The minimum Gasteiger partial charge on any atom is -0.384 e. The highest BCUT2D eigenvalue weighted by atomic mass is 16.5. The molecule has 30 heavy (non-hydrogen) atoms. The SMILES string of the molecule is COCCN1C(N)=C(C#N)[C@@H](c2cccc3ccccc23)C2=C1CC(C)(C)CC2=O. The average Bonchev–Trinajstić information content (AvgIpc) is 2.71. The van der Waals surface area contributed by atoms with Gasteiger partial charge in [0.2, 0.25) is 0 Å². The summed E-state index contributed by atoms with van der Waals surface area (Å²) in [7, 11) is 1.64. The highest BCUT2D eigenvalue weighted by Gasteiger charge is 2.44. The lowest BCUT2D eigenvalue weighted by Gasteiger charge is -2.44. The van der Waals surface area contributed by atoms with Crippen LogP contribution in [0.5, 0.6) is 0 Å². The van der Waals surface area contributed by atoms with Crippen LogP contribution in [0.4, 0.5) is 0 Å². The van der Waals surface area contributed by atoms with Crippen LogP contribution in [0.15, 0.2) is 65.1 Å². The molecule has 0 fully saturated rings. The van der Waals surface area contributed by atoms with Crippen molar-refractivity contribution < 1.29 is 9.53 Å². The van der Waals surface area contributed by atoms with Crippen LogP contribution in [0.2, 0.25) is 0 Å². The molecule has 1 atom stereocenters. The summed E-state index contributed by atoms with van der Waals surface area (Å²) in [5.74, 6) is 0.0806. The second-order valence-corrected chi connectivity index (χ2v) is 8.86. The van der Waals surface area contributed by atoms with Gasteiger partial charge in [0.15, 0.2) is 5.78 Å². The van der Waals surface area contributed by atoms with Gasteiger partial charge in [0.1, 0.15) is 5.82 Å². The standard InChI is InChI=1S/C25H27N3O2/c1-25(2)13-20-23(21(29)14-25)22(19(15-26)24(27)28(20)11-12-30-3)18-10-6-8-16-7-4-5-9-17(16)18/h4-10,22H,11-14,27H2,1-3H3/t22-/m1/s1. The Morgan fingerprint density at radius 1 is 1.20 bits per heavy atom. The van der Waals surface area contributed by atoms with Crippen molar-refractivity contribution in [2.75, 3.05) is 20.3 Å². The molecule has 0 amide bonds. The van der Waals surface area contributed by atoms with E-state index in [0.717, 1.165) is 28.5 Å². The van der Waals surface area contributed by atoms with Crippen LogP contribution in [0.3, 0.4) is 0 Å². The zero-order chi connectivity index (χ0) is 21.5. The van der Waals surface area contributed by atoms with Crippen LogP contribution in [-0.4, -0.2) is 30.9 Å².